The van der Waals surface area contributed by atoms with Gasteiger partial charge in [0.05, 0.1) is 18.1 Å². The first kappa shape index (κ1) is 26.6. The first-order valence-electron chi connectivity index (χ1n) is 12.0. The van der Waals surface area contributed by atoms with Crippen LogP contribution in [0.3, 0.4) is 0 Å². The highest BCUT2D eigenvalue weighted by atomic mass is 32.1. The zero-order chi connectivity index (χ0) is 27.9. The van der Waals surface area contributed by atoms with Gasteiger partial charge in [0, 0.05) is 36.1 Å². The van der Waals surface area contributed by atoms with Crippen molar-refractivity contribution in [2.24, 2.45) is 0 Å². The molecular formula is C27H27N6O4PS. The van der Waals surface area contributed by atoms with Crippen LogP contribution in [0.25, 0.3) is 27.5 Å². The van der Waals surface area contributed by atoms with Gasteiger partial charge in [0.25, 0.3) is 0 Å². The second-order valence-corrected chi connectivity index (χ2v) is 12.2. The van der Waals surface area contributed by atoms with Crippen LogP contribution in [-0.4, -0.2) is 39.8 Å². The summed E-state index contributed by atoms with van der Waals surface area (Å²) in [6, 6.07) is 16.7. The number of fused-ring (bicyclic) bond motifs is 1. The number of esters is 1. The van der Waals surface area contributed by atoms with Gasteiger partial charge in [-0.1, -0.05) is 42.0 Å². The largest absolute Gasteiger partial charge is 0.465 e. The summed E-state index contributed by atoms with van der Waals surface area (Å²) in [4.78, 5) is 21.9. The van der Waals surface area contributed by atoms with Crippen molar-refractivity contribution >= 4 is 47.4 Å². The molecule has 1 atom stereocenters. The average Bonchev–Trinajstić information content (AvgIpc) is 3.53. The van der Waals surface area contributed by atoms with E-state index in [0.717, 1.165) is 45.0 Å². The zero-order valence-electron chi connectivity index (χ0n) is 22.1. The molecule has 0 saturated carbocycles. The van der Waals surface area contributed by atoms with E-state index in [9.17, 15) is 9.36 Å². The fourth-order valence-electron chi connectivity index (χ4n) is 4.28. The third-order valence-electron chi connectivity index (χ3n) is 6.19. The van der Waals surface area contributed by atoms with Crippen molar-refractivity contribution in [1.82, 2.24) is 19.6 Å². The van der Waals surface area contributed by atoms with Gasteiger partial charge in [-0.3, -0.25) is 9.65 Å². The summed E-state index contributed by atoms with van der Waals surface area (Å²) in [5.74, 6) is 0.0484. The Hall–Kier alpha value is -4.05. The Morgan fingerprint density at radius 3 is 2.38 bits per heavy atom. The highest BCUT2D eigenvalue weighted by molar-refractivity contribution is 7.68. The van der Waals surface area contributed by atoms with Gasteiger partial charge in [-0.2, -0.15) is 9.61 Å². The maximum atomic E-state index is 13.9. The predicted molar refractivity (Wildman–Crippen MR) is 154 cm³/mol. The lowest BCUT2D eigenvalue weighted by Gasteiger charge is -2.20. The van der Waals surface area contributed by atoms with E-state index in [1.165, 1.54) is 14.2 Å². The predicted octanol–water partition coefficient (Wildman–Crippen LogP) is 5.39. The number of thiazole rings is 1. The van der Waals surface area contributed by atoms with Crippen LogP contribution in [0.5, 0.6) is 0 Å². The lowest BCUT2D eigenvalue weighted by atomic mass is 10.1. The number of carbonyl (C=O) groups is 1. The summed E-state index contributed by atoms with van der Waals surface area (Å²) < 4.78 is 25.9. The third kappa shape index (κ3) is 5.04. The number of ether oxygens (including phenoxy) is 1. The van der Waals surface area contributed by atoms with Gasteiger partial charge in [-0.05, 0) is 32.4 Å². The Kier molecular flexibility index (Phi) is 6.98. The number of aryl methyl sites for hydroxylation is 3. The van der Waals surface area contributed by atoms with Crippen LogP contribution in [0, 0.1) is 20.8 Å². The minimum atomic E-state index is -3.60. The van der Waals surface area contributed by atoms with Gasteiger partial charge in [-0.25, -0.2) is 14.8 Å². The van der Waals surface area contributed by atoms with Gasteiger partial charge in [0.1, 0.15) is 10.8 Å². The molecule has 0 aliphatic carbocycles. The zero-order valence-corrected chi connectivity index (χ0v) is 23.8. The van der Waals surface area contributed by atoms with E-state index in [0.29, 0.717) is 21.8 Å². The molecule has 3 N–H and O–H groups in total. The summed E-state index contributed by atoms with van der Waals surface area (Å²) in [6.07, 6.45) is 0. The number of methoxy groups -OCH3 is 1. The Bertz CT molecular complexity index is 1760. The number of nitrogens with one attached hydrogen (secondary N) is 1. The number of hydrogen-bond acceptors (Lipinski definition) is 9. The lowest BCUT2D eigenvalue weighted by Crippen LogP contribution is -2.17. The monoisotopic (exact) mass is 562 g/mol. The molecule has 10 nitrogen and oxygen atoms in total. The molecule has 0 aliphatic heterocycles. The normalized spacial score (nSPS) is 12.8. The molecule has 39 heavy (non-hydrogen) atoms. The quantitative estimate of drug-likeness (QED) is 0.198. The number of anilines is 2. The molecule has 0 spiro atoms. The van der Waals surface area contributed by atoms with E-state index in [-0.39, 0.29) is 10.7 Å². The lowest BCUT2D eigenvalue weighted by molar-refractivity contribution is 0.0607. The Morgan fingerprint density at radius 2 is 1.72 bits per heavy atom. The second-order valence-electron chi connectivity index (χ2n) is 9.02. The molecule has 3 heterocycles. The first-order valence-corrected chi connectivity index (χ1v) is 14.4. The molecule has 2 aromatic carbocycles. The molecule has 5 rings (SSSR count). The number of nitrogen functional groups attached to an aromatic ring is 1. The molecule has 200 valence electrons. The minimum Gasteiger partial charge on any atom is -0.465 e. The van der Waals surface area contributed by atoms with E-state index in [4.69, 9.17) is 15.0 Å². The molecule has 1 unspecified atom stereocenters. The standard InChI is InChI=1S/C27H27N6O4PS/c1-15-6-11-21(16(2)12-15)38(35,37-5)32-25-24(27(34)36-4)39-26(30-25)19-9-7-18(8-10-19)20-14-23-29-17(3)13-22(28)33(23)31-20/h6-14H,28H2,1-5H3,(H,32,35). The Balaban J connectivity index is 1.50. The van der Waals surface area contributed by atoms with Crippen molar-refractivity contribution in [3.63, 3.8) is 0 Å². The third-order valence-corrected chi connectivity index (χ3v) is 9.43. The summed E-state index contributed by atoms with van der Waals surface area (Å²) in [6.45, 7) is 5.70. The molecule has 0 saturated heterocycles. The molecule has 0 radical (unpaired) electrons. The van der Waals surface area contributed by atoms with Crippen LogP contribution < -0.4 is 16.1 Å². The van der Waals surface area contributed by atoms with Gasteiger partial charge in [-0.15, -0.1) is 11.3 Å². The molecule has 3 aromatic heterocycles. The van der Waals surface area contributed by atoms with Crippen LogP contribution in [0.15, 0.2) is 54.6 Å². The maximum Gasteiger partial charge on any atom is 0.351 e. The maximum absolute atomic E-state index is 13.9. The second kappa shape index (κ2) is 10.3. The summed E-state index contributed by atoms with van der Waals surface area (Å²) in [7, 11) is -0.946. The van der Waals surface area contributed by atoms with Crippen molar-refractivity contribution in [2.45, 2.75) is 20.8 Å². The molecule has 0 bridgehead atoms. The molecule has 0 aliphatic rings. The molecule has 0 amide bonds. The van der Waals surface area contributed by atoms with E-state index in [1.54, 1.807) is 16.6 Å². The highest BCUT2D eigenvalue weighted by Gasteiger charge is 2.31. The summed E-state index contributed by atoms with van der Waals surface area (Å²) >= 11 is 1.14. The van der Waals surface area contributed by atoms with Crippen molar-refractivity contribution in [1.29, 1.82) is 0 Å². The Morgan fingerprint density at radius 1 is 1.00 bits per heavy atom. The SMILES string of the molecule is COC(=O)c1sc(-c2ccc(-c3cc4nc(C)cc(N)n4n3)cc2)nc1NP(=O)(OC)c1ccc(C)cc1C. The molecule has 0 fully saturated rings. The summed E-state index contributed by atoms with van der Waals surface area (Å²) in [5, 5.41) is 8.54. The number of benzene rings is 2. The van der Waals surface area contributed by atoms with Crippen LogP contribution in [-0.2, 0) is 13.8 Å². The van der Waals surface area contributed by atoms with Crippen LogP contribution in [0.2, 0.25) is 0 Å². The van der Waals surface area contributed by atoms with Gasteiger partial charge in [0.2, 0.25) is 0 Å². The molecule has 5 aromatic rings. The van der Waals surface area contributed by atoms with Crippen molar-refractivity contribution < 1.29 is 18.6 Å². The van der Waals surface area contributed by atoms with Crippen LogP contribution in [0.1, 0.15) is 26.5 Å². The molecule has 12 heteroatoms. The fourth-order valence-corrected chi connectivity index (χ4v) is 6.95. The van der Waals surface area contributed by atoms with E-state index >= 15 is 0 Å². The fraction of sp³-hybridized carbons (Fsp3) is 0.185. The van der Waals surface area contributed by atoms with Crippen molar-refractivity contribution in [3.05, 3.63) is 76.3 Å². The van der Waals surface area contributed by atoms with Crippen LogP contribution in [0.4, 0.5) is 11.6 Å². The summed E-state index contributed by atoms with van der Waals surface area (Å²) in [5.41, 5.74) is 11.7. The highest BCUT2D eigenvalue weighted by Crippen LogP contribution is 2.47. The number of nitrogens with two attached hydrogens (primary N) is 1. The minimum absolute atomic E-state index is 0.133. The van der Waals surface area contributed by atoms with Crippen molar-refractivity contribution in [2.75, 3.05) is 25.0 Å². The number of hydrogen-bond donors (Lipinski definition) is 2. The van der Waals surface area contributed by atoms with Gasteiger partial charge in [0.15, 0.2) is 16.3 Å². The number of rotatable bonds is 7. The van der Waals surface area contributed by atoms with E-state index < -0.39 is 13.5 Å². The van der Waals surface area contributed by atoms with E-state index in [2.05, 4.69) is 20.2 Å². The molecular weight excluding hydrogens is 535 g/mol. The van der Waals surface area contributed by atoms with E-state index in [1.807, 2.05) is 63.2 Å². The smallest absolute Gasteiger partial charge is 0.351 e. The Labute approximate surface area is 229 Å². The average molecular weight is 563 g/mol. The topological polar surface area (TPSA) is 134 Å². The van der Waals surface area contributed by atoms with Gasteiger partial charge >= 0.3 is 13.5 Å². The number of aromatic nitrogens is 4. The first-order chi connectivity index (χ1) is 18.6. The van der Waals surface area contributed by atoms with Gasteiger partial charge < -0.3 is 15.0 Å². The number of carbonyl (C=O) groups excluding carboxylic acids is 1. The van der Waals surface area contributed by atoms with Crippen molar-refractivity contribution in [3.8, 4) is 21.8 Å². The van der Waals surface area contributed by atoms with Crippen LogP contribution >= 0.6 is 18.9 Å². The number of nitrogens with zero attached hydrogens (tertiary/aromatic N) is 4.